The van der Waals surface area contributed by atoms with Gasteiger partial charge >= 0.3 is 6.03 Å². The Bertz CT molecular complexity index is 1120. The lowest BCUT2D eigenvalue weighted by molar-refractivity contribution is -0.117. The number of rotatable bonds is 9. The Balaban J connectivity index is 1.49. The summed E-state index contributed by atoms with van der Waals surface area (Å²) >= 11 is 1.20. The molecule has 0 unspecified atom stereocenters. The van der Waals surface area contributed by atoms with Gasteiger partial charge in [-0.05, 0) is 17.7 Å². The van der Waals surface area contributed by atoms with Crippen LogP contribution in [0.2, 0.25) is 0 Å². The van der Waals surface area contributed by atoms with Crippen molar-refractivity contribution >= 4 is 23.7 Å². The first-order valence-corrected chi connectivity index (χ1v) is 11.2. The van der Waals surface area contributed by atoms with E-state index in [1.807, 2.05) is 53.1 Å². The molecule has 0 radical (unpaired) electrons. The summed E-state index contributed by atoms with van der Waals surface area (Å²) in [7, 11) is 1.53. The maximum atomic E-state index is 12.2. The Morgan fingerprint density at radius 1 is 1.12 bits per heavy atom. The molecular weight excluding hydrogens is 446 g/mol. The standard InChI is InChI=1S/C22H23N5O5S/c1-30-10-9-23-21(29)24-19(28)13-33-22-26-25-20(16-5-3-2-4-6-16)27(22)12-15-7-8-17-18(11-15)32-14-31-17/h2-8,11H,9-10,12-14H2,1H3,(H2,23,24,28,29). The highest BCUT2D eigenvalue weighted by Crippen LogP contribution is 2.33. The molecule has 33 heavy (non-hydrogen) atoms. The van der Waals surface area contributed by atoms with E-state index >= 15 is 0 Å². The first-order chi connectivity index (χ1) is 16.1. The molecular formula is C22H23N5O5S. The summed E-state index contributed by atoms with van der Waals surface area (Å²) in [6.07, 6.45) is 0. The van der Waals surface area contributed by atoms with E-state index in [-0.39, 0.29) is 12.5 Å². The molecule has 0 bridgehead atoms. The highest BCUT2D eigenvalue weighted by molar-refractivity contribution is 7.99. The third kappa shape index (κ3) is 5.82. The molecule has 1 aliphatic heterocycles. The number of hydrogen-bond acceptors (Lipinski definition) is 8. The van der Waals surface area contributed by atoms with Crippen LogP contribution in [-0.4, -0.2) is 59.5 Å². The van der Waals surface area contributed by atoms with Crippen molar-refractivity contribution in [2.45, 2.75) is 11.7 Å². The average molecular weight is 470 g/mol. The number of nitrogens with zero attached hydrogens (tertiary/aromatic N) is 3. The van der Waals surface area contributed by atoms with Crippen LogP contribution in [0.1, 0.15) is 5.56 Å². The number of imide groups is 1. The Morgan fingerprint density at radius 3 is 2.76 bits per heavy atom. The fourth-order valence-corrected chi connectivity index (χ4v) is 3.90. The van der Waals surface area contributed by atoms with Crippen LogP contribution >= 0.6 is 11.8 Å². The second-order valence-electron chi connectivity index (χ2n) is 7.03. The second kappa shape index (κ2) is 10.8. The summed E-state index contributed by atoms with van der Waals surface area (Å²) in [5.74, 6) is 1.64. The van der Waals surface area contributed by atoms with Gasteiger partial charge in [0.2, 0.25) is 12.7 Å². The number of nitrogens with one attached hydrogen (secondary N) is 2. The minimum absolute atomic E-state index is 0.00571. The van der Waals surface area contributed by atoms with Crippen LogP contribution in [0.3, 0.4) is 0 Å². The van der Waals surface area contributed by atoms with Crippen molar-refractivity contribution in [3.05, 3.63) is 54.1 Å². The van der Waals surface area contributed by atoms with E-state index in [0.29, 0.717) is 42.2 Å². The highest BCUT2D eigenvalue weighted by atomic mass is 32.2. The van der Waals surface area contributed by atoms with Crippen molar-refractivity contribution in [1.29, 1.82) is 0 Å². The van der Waals surface area contributed by atoms with Crippen molar-refractivity contribution in [1.82, 2.24) is 25.4 Å². The van der Waals surface area contributed by atoms with Gasteiger partial charge in [0.05, 0.1) is 18.9 Å². The lowest BCUT2D eigenvalue weighted by Crippen LogP contribution is -2.41. The van der Waals surface area contributed by atoms with Crippen molar-refractivity contribution < 1.29 is 23.8 Å². The van der Waals surface area contributed by atoms with Crippen LogP contribution in [0, 0.1) is 0 Å². The van der Waals surface area contributed by atoms with Crippen LogP contribution in [0.15, 0.2) is 53.7 Å². The molecule has 0 atom stereocenters. The molecule has 0 aliphatic carbocycles. The Labute approximate surface area is 194 Å². The molecule has 0 fully saturated rings. The van der Waals surface area contributed by atoms with Crippen LogP contribution < -0.4 is 20.1 Å². The number of ether oxygens (including phenoxy) is 3. The molecule has 2 N–H and O–H groups in total. The summed E-state index contributed by atoms with van der Waals surface area (Å²) in [6.45, 7) is 1.35. The molecule has 3 aromatic rings. The van der Waals surface area contributed by atoms with Gasteiger partial charge in [-0.2, -0.15) is 0 Å². The molecule has 10 nitrogen and oxygen atoms in total. The van der Waals surface area contributed by atoms with Crippen molar-refractivity contribution in [2.75, 3.05) is 32.8 Å². The molecule has 2 heterocycles. The molecule has 3 amide bonds. The number of methoxy groups -OCH3 is 1. The molecule has 0 spiro atoms. The fourth-order valence-electron chi connectivity index (χ4n) is 3.16. The van der Waals surface area contributed by atoms with Crippen LogP contribution in [-0.2, 0) is 16.1 Å². The van der Waals surface area contributed by atoms with Gasteiger partial charge in [-0.1, -0.05) is 48.2 Å². The van der Waals surface area contributed by atoms with Gasteiger partial charge in [0.1, 0.15) is 0 Å². The molecule has 172 valence electrons. The number of urea groups is 1. The first-order valence-electron chi connectivity index (χ1n) is 10.2. The molecule has 0 saturated heterocycles. The number of carbonyl (C=O) groups is 2. The zero-order valence-corrected chi connectivity index (χ0v) is 18.8. The van der Waals surface area contributed by atoms with E-state index in [1.54, 1.807) is 0 Å². The van der Waals surface area contributed by atoms with Gasteiger partial charge < -0.3 is 19.5 Å². The molecule has 0 saturated carbocycles. The number of aromatic nitrogens is 3. The maximum absolute atomic E-state index is 12.2. The normalized spacial score (nSPS) is 11.9. The van der Waals surface area contributed by atoms with E-state index in [2.05, 4.69) is 20.8 Å². The minimum atomic E-state index is -0.565. The second-order valence-corrected chi connectivity index (χ2v) is 7.97. The number of hydrogen-bond donors (Lipinski definition) is 2. The SMILES string of the molecule is COCCNC(=O)NC(=O)CSc1nnc(-c2ccccc2)n1Cc1ccc2c(c1)OCO2. The average Bonchev–Trinajstić information content (AvgIpc) is 3.45. The third-order valence-electron chi connectivity index (χ3n) is 4.70. The summed E-state index contributed by atoms with van der Waals surface area (Å²) < 4.78 is 17.7. The van der Waals surface area contributed by atoms with Crippen LogP contribution in [0.25, 0.3) is 11.4 Å². The van der Waals surface area contributed by atoms with E-state index < -0.39 is 11.9 Å². The molecule has 4 rings (SSSR count). The molecule has 1 aromatic heterocycles. The predicted octanol–water partition coefficient (Wildman–Crippen LogP) is 2.29. The number of thioether (sulfide) groups is 1. The van der Waals surface area contributed by atoms with Gasteiger partial charge in [0.15, 0.2) is 22.5 Å². The Morgan fingerprint density at radius 2 is 1.94 bits per heavy atom. The molecule has 1 aliphatic rings. The van der Waals surface area contributed by atoms with Gasteiger partial charge in [0, 0.05) is 19.2 Å². The largest absolute Gasteiger partial charge is 0.454 e. The predicted molar refractivity (Wildman–Crippen MR) is 121 cm³/mol. The van der Waals surface area contributed by atoms with Crippen LogP contribution in [0.4, 0.5) is 4.79 Å². The van der Waals surface area contributed by atoms with E-state index in [4.69, 9.17) is 14.2 Å². The monoisotopic (exact) mass is 469 g/mol. The summed E-state index contributed by atoms with van der Waals surface area (Å²) in [5.41, 5.74) is 1.87. The topological polar surface area (TPSA) is 117 Å². The van der Waals surface area contributed by atoms with Crippen molar-refractivity contribution in [2.24, 2.45) is 0 Å². The zero-order valence-electron chi connectivity index (χ0n) is 17.9. The lowest BCUT2D eigenvalue weighted by atomic mass is 10.2. The first kappa shape index (κ1) is 22.6. The number of fused-ring (bicyclic) bond motifs is 1. The number of amides is 3. The third-order valence-corrected chi connectivity index (χ3v) is 5.67. The maximum Gasteiger partial charge on any atom is 0.321 e. The quantitative estimate of drug-likeness (QED) is 0.362. The number of benzene rings is 2. The summed E-state index contributed by atoms with van der Waals surface area (Å²) in [5, 5.41) is 14.0. The van der Waals surface area contributed by atoms with Crippen molar-refractivity contribution in [3.8, 4) is 22.9 Å². The summed E-state index contributed by atoms with van der Waals surface area (Å²) in [6, 6.07) is 14.9. The molecule has 11 heteroatoms. The van der Waals surface area contributed by atoms with Gasteiger partial charge in [-0.25, -0.2) is 4.79 Å². The smallest absolute Gasteiger partial charge is 0.321 e. The number of carbonyl (C=O) groups excluding carboxylic acids is 2. The van der Waals surface area contributed by atoms with E-state index in [9.17, 15) is 9.59 Å². The van der Waals surface area contributed by atoms with E-state index in [0.717, 1.165) is 11.1 Å². The van der Waals surface area contributed by atoms with Crippen LogP contribution in [0.5, 0.6) is 11.5 Å². The lowest BCUT2D eigenvalue weighted by Gasteiger charge is -2.11. The Kier molecular flexibility index (Phi) is 7.43. The van der Waals surface area contributed by atoms with Gasteiger partial charge in [0.25, 0.3) is 0 Å². The summed E-state index contributed by atoms with van der Waals surface area (Å²) in [4.78, 5) is 24.0. The van der Waals surface area contributed by atoms with Gasteiger partial charge in [-0.3, -0.25) is 14.7 Å². The van der Waals surface area contributed by atoms with Gasteiger partial charge in [-0.15, -0.1) is 10.2 Å². The van der Waals surface area contributed by atoms with E-state index in [1.165, 1.54) is 18.9 Å². The minimum Gasteiger partial charge on any atom is -0.454 e. The highest BCUT2D eigenvalue weighted by Gasteiger charge is 2.19. The van der Waals surface area contributed by atoms with Crippen molar-refractivity contribution in [3.63, 3.8) is 0 Å². The Hall–Kier alpha value is -3.57. The zero-order chi connectivity index (χ0) is 23.0. The fraction of sp³-hybridized carbons (Fsp3) is 0.273. The molecule has 2 aromatic carbocycles.